The highest BCUT2D eigenvalue weighted by Gasteiger charge is 2.32. The molecule has 2 N–H and O–H groups in total. The van der Waals surface area contributed by atoms with E-state index in [0.29, 0.717) is 18.0 Å². The summed E-state index contributed by atoms with van der Waals surface area (Å²) in [4.78, 5) is 16.8. The van der Waals surface area contributed by atoms with E-state index >= 15 is 0 Å². The molecule has 0 unspecified atom stereocenters. The molecule has 1 aliphatic rings. The summed E-state index contributed by atoms with van der Waals surface area (Å²) in [5, 5.41) is 0. The third kappa shape index (κ3) is 4.98. The summed E-state index contributed by atoms with van der Waals surface area (Å²) in [5.41, 5.74) is 7.39. The van der Waals surface area contributed by atoms with Crippen molar-refractivity contribution in [2.24, 2.45) is 0 Å². The molecule has 3 rings (SSSR count). The van der Waals surface area contributed by atoms with Crippen LogP contribution in [0.1, 0.15) is 19.4 Å². The fourth-order valence-corrected chi connectivity index (χ4v) is 3.38. The van der Waals surface area contributed by atoms with Crippen molar-refractivity contribution in [1.29, 1.82) is 0 Å². The Balaban J connectivity index is 1.54. The first-order chi connectivity index (χ1) is 12.9. The second kappa shape index (κ2) is 8.39. The molecule has 2 aromatic rings. The minimum atomic E-state index is -0.225. The summed E-state index contributed by atoms with van der Waals surface area (Å²) < 4.78 is 18.7. The fourth-order valence-electron chi connectivity index (χ4n) is 3.38. The molecule has 2 aromatic carbocycles. The Morgan fingerprint density at radius 1 is 1.07 bits per heavy atom. The molecule has 1 heterocycles. The number of rotatable bonds is 5. The van der Waals surface area contributed by atoms with Crippen molar-refractivity contribution in [3.05, 3.63) is 59.9 Å². The quantitative estimate of drug-likeness (QED) is 0.821. The van der Waals surface area contributed by atoms with E-state index in [1.165, 1.54) is 12.1 Å². The van der Waals surface area contributed by atoms with Crippen LogP contribution >= 0.6 is 0 Å². The number of nitrogens with zero attached hydrogens (tertiary/aromatic N) is 2. The monoisotopic (exact) mass is 371 g/mol. The number of amides is 1. The first kappa shape index (κ1) is 19.2. The van der Waals surface area contributed by atoms with Gasteiger partial charge in [0.05, 0.1) is 0 Å². The van der Waals surface area contributed by atoms with Gasteiger partial charge in [0.25, 0.3) is 5.91 Å². The summed E-state index contributed by atoms with van der Waals surface area (Å²) in [6.07, 6.45) is 0. The Bertz CT molecular complexity index is 764. The maximum absolute atomic E-state index is 13.1. The summed E-state index contributed by atoms with van der Waals surface area (Å²) >= 11 is 0. The van der Waals surface area contributed by atoms with Crippen LogP contribution in [0, 0.1) is 5.82 Å². The van der Waals surface area contributed by atoms with Crippen LogP contribution < -0.4 is 10.5 Å². The number of piperazine rings is 1. The lowest BCUT2D eigenvalue weighted by molar-refractivity contribution is -0.139. The maximum atomic E-state index is 13.1. The van der Waals surface area contributed by atoms with Gasteiger partial charge >= 0.3 is 0 Å². The molecule has 6 heteroatoms. The van der Waals surface area contributed by atoms with Gasteiger partial charge < -0.3 is 15.4 Å². The van der Waals surface area contributed by atoms with Crippen LogP contribution in [0.4, 0.5) is 10.1 Å². The Labute approximate surface area is 159 Å². The molecule has 0 aromatic heterocycles. The number of ether oxygens (including phenoxy) is 1. The molecule has 144 valence electrons. The standard InChI is InChI=1S/C21H26FN3O2/c1-15-12-25(21(26)14-27-20-9-7-19(23)8-10-20)16(2)11-24(15)13-17-3-5-18(22)6-4-17/h3-10,15-16H,11-14,23H2,1-2H3/t15-,16+/m0/s1. The number of hydrogen-bond donors (Lipinski definition) is 1. The fraction of sp³-hybridized carbons (Fsp3) is 0.381. The van der Waals surface area contributed by atoms with Crippen LogP contribution in [-0.4, -0.2) is 47.5 Å². The van der Waals surface area contributed by atoms with Crippen molar-refractivity contribution >= 4 is 11.6 Å². The van der Waals surface area contributed by atoms with Crippen LogP contribution in [0.3, 0.4) is 0 Å². The summed E-state index contributed by atoms with van der Waals surface area (Å²) in [7, 11) is 0. The number of anilines is 1. The highest BCUT2D eigenvalue weighted by Crippen LogP contribution is 2.19. The van der Waals surface area contributed by atoms with Crippen molar-refractivity contribution in [3.8, 4) is 5.75 Å². The van der Waals surface area contributed by atoms with Crippen molar-refractivity contribution in [2.75, 3.05) is 25.4 Å². The van der Waals surface area contributed by atoms with Crippen molar-refractivity contribution in [1.82, 2.24) is 9.80 Å². The molecular weight excluding hydrogens is 345 g/mol. The number of carbonyl (C=O) groups excluding carboxylic acids is 1. The Morgan fingerprint density at radius 3 is 2.41 bits per heavy atom. The SMILES string of the molecule is C[C@@H]1CN(Cc2ccc(F)cc2)[C@@H](C)CN1C(=O)COc1ccc(N)cc1. The minimum Gasteiger partial charge on any atom is -0.484 e. The van der Waals surface area contributed by atoms with Crippen LogP contribution in [0.5, 0.6) is 5.75 Å². The van der Waals surface area contributed by atoms with Gasteiger partial charge in [-0.1, -0.05) is 12.1 Å². The molecule has 1 aliphatic heterocycles. The highest BCUT2D eigenvalue weighted by molar-refractivity contribution is 5.78. The van der Waals surface area contributed by atoms with Crippen LogP contribution in [-0.2, 0) is 11.3 Å². The van der Waals surface area contributed by atoms with Gasteiger partial charge in [-0.15, -0.1) is 0 Å². The number of nitrogens with two attached hydrogens (primary N) is 1. The van der Waals surface area contributed by atoms with Crippen LogP contribution in [0.15, 0.2) is 48.5 Å². The molecule has 1 amide bonds. The van der Waals surface area contributed by atoms with E-state index in [0.717, 1.165) is 18.7 Å². The Kier molecular flexibility index (Phi) is 5.96. The van der Waals surface area contributed by atoms with Crippen molar-refractivity contribution in [3.63, 3.8) is 0 Å². The molecule has 0 bridgehead atoms. The zero-order chi connectivity index (χ0) is 19.4. The molecule has 5 nitrogen and oxygen atoms in total. The number of hydrogen-bond acceptors (Lipinski definition) is 4. The average Bonchev–Trinajstić information content (AvgIpc) is 2.65. The average molecular weight is 371 g/mol. The minimum absolute atomic E-state index is 0.0128. The first-order valence-electron chi connectivity index (χ1n) is 9.18. The van der Waals surface area contributed by atoms with Gasteiger partial charge in [-0.3, -0.25) is 9.69 Å². The molecular formula is C21H26FN3O2. The number of benzene rings is 2. The van der Waals surface area contributed by atoms with Gasteiger partial charge in [0.2, 0.25) is 0 Å². The normalized spacial score (nSPS) is 20.5. The van der Waals surface area contributed by atoms with E-state index in [4.69, 9.17) is 10.5 Å². The lowest BCUT2D eigenvalue weighted by Gasteiger charge is -2.44. The van der Waals surface area contributed by atoms with Crippen LogP contribution in [0.25, 0.3) is 0 Å². The zero-order valence-corrected chi connectivity index (χ0v) is 15.8. The summed E-state index contributed by atoms with van der Waals surface area (Å²) in [5.74, 6) is 0.387. The van der Waals surface area contributed by atoms with Gasteiger partial charge in [0.15, 0.2) is 6.61 Å². The van der Waals surface area contributed by atoms with Gasteiger partial charge in [-0.25, -0.2) is 4.39 Å². The number of halogens is 1. The van der Waals surface area contributed by atoms with E-state index in [1.54, 1.807) is 24.3 Å². The molecule has 2 atom stereocenters. The third-order valence-corrected chi connectivity index (χ3v) is 4.98. The molecule has 0 radical (unpaired) electrons. The smallest absolute Gasteiger partial charge is 0.260 e. The number of carbonyl (C=O) groups is 1. The Hall–Kier alpha value is -2.60. The predicted octanol–water partition coefficient (Wildman–Crippen LogP) is 2.91. The zero-order valence-electron chi connectivity index (χ0n) is 15.8. The molecule has 27 heavy (non-hydrogen) atoms. The third-order valence-electron chi connectivity index (χ3n) is 4.98. The summed E-state index contributed by atoms with van der Waals surface area (Å²) in [6, 6.07) is 13.9. The largest absolute Gasteiger partial charge is 0.484 e. The van der Waals surface area contributed by atoms with Gasteiger partial charge in [0.1, 0.15) is 11.6 Å². The lowest BCUT2D eigenvalue weighted by atomic mass is 10.1. The molecule has 1 fully saturated rings. The molecule has 0 spiro atoms. The maximum Gasteiger partial charge on any atom is 0.260 e. The van der Waals surface area contributed by atoms with Gasteiger partial charge in [-0.2, -0.15) is 0 Å². The van der Waals surface area contributed by atoms with E-state index in [-0.39, 0.29) is 30.4 Å². The lowest BCUT2D eigenvalue weighted by Crippen LogP contribution is -2.58. The molecule has 0 aliphatic carbocycles. The van der Waals surface area contributed by atoms with E-state index in [1.807, 2.05) is 24.0 Å². The predicted molar refractivity (Wildman–Crippen MR) is 104 cm³/mol. The first-order valence-corrected chi connectivity index (χ1v) is 9.18. The van der Waals surface area contributed by atoms with E-state index in [2.05, 4.69) is 11.8 Å². The molecule has 0 saturated carbocycles. The Morgan fingerprint density at radius 2 is 1.74 bits per heavy atom. The second-order valence-electron chi connectivity index (χ2n) is 7.16. The highest BCUT2D eigenvalue weighted by atomic mass is 19.1. The van der Waals surface area contributed by atoms with Crippen molar-refractivity contribution < 1.29 is 13.9 Å². The second-order valence-corrected chi connectivity index (χ2v) is 7.16. The van der Waals surface area contributed by atoms with Gasteiger partial charge in [-0.05, 0) is 55.8 Å². The number of nitrogen functional groups attached to an aromatic ring is 1. The van der Waals surface area contributed by atoms with Crippen LogP contribution in [0.2, 0.25) is 0 Å². The van der Waals surface area contributed by atoms with E-state index in [9.17, 15) is 9.18 Å². The summed E-state index contributed by atoms with van der Waals surface area (Å²) in [6.45, 7) is 6.33. The van der Waals surface area contributed by atoms with E-state index < -0.39 is 0 Å². The topological polar surface area (TPSA) is 58.8 Å². The van der Waals surface area contributed by atoms with Gasteiger partial charge in [0, 0.05) is 37.4 Å². The van der Waals surface area contributed by atoms with Crippen molar-refractivity contribution in [2.45, 2.75) is 32.5 Å². The molecule has 1 saturated heterocycles.